The molecule has 0 radical (unpaired) electrons. The average molecular weight is 351 g/mol. The van der Waals surface area contributed by atoms with E-state index in [1.54, 1.807) is 0 Å². The molecule has 2 atom stereocenters. The molecule has 0 spiro atoms. The second kappa shape index (κ2) is 9.22. The molecule has 0 bridgehead atoms. The Labute approximate surface area is 158 Å². The van der Waals surface area contributed by atoms with Crippen molar-refractivity contribution in [3.63, 3.8) is 0 Å². The standard InChI is InChI=1S/C23H46N2/c1-18(2)19-12-14-20(15-13-19)24(6)16-17-25(7)22-11-9-8-10-21(22)23(3,4)5/h18-22H,8-17H2,1-7H3. The number of likely N-dealkylation sites (N-methyl/N-ethyl adjacent to an activating group) is 2. The minimum absolute atomic E-state index is 0.445. The Hall–Kier alpha value is -0.0800. The van der Waals surface area contributed by atoms with E-state index in [1.165, 1.54) is 64.5 Å². The summed E-state index contributed by atoms with van der Waals surface area (Å²) < 4.78 is 0. The van der Waals surface area contributed by atoms with Crippen molar-refractivity contribution in [1.29, 1.82) is 0 Å². The van der Waals surface area contributed by atoms with Gasteiger partial charge in [0.05, 0.1) is 0 Å². The van der Waals surface area contributed by atoms with E-state index < -0.39 is 0 Å². The lowest BCUT2D eigenvalue weighted by Gasteiger charge is -2.45. The molecule has 2 unspecified atom stereocenters. The third-order valence-electron chi connectivity index (χ3n) is 7.52. The van der Waals surface area contributed by atoms with Crippen molar-refractivity contribution in [2.75, 3.05) is 27.2 Å². The van der Waals surface area contributed by atoms with Gasteiger partial charge in [-0.3, -0.25) is 0 Å². The molecule has 25 heavy (non-hydrogen) atoms. The molecule has 2 aliphatic rings. The second-order valence-corrected chi connectivity index (χ2v) is 10.6. The highest BCUT2D eigenvalue weighted by molar-refractivity contribution is 4.89. The van der Waals surface area contributed by atoms with Gasteiger partial charge in [0.25, 0.3) is 0 Å². The molecule has 2 heteroatoms. The van der Waals surface area contributed by atoms with Gasteiger partial charge >= 0.3 is 0 Å². The van der Waals surface area contributed by atoms with Gasteiger partial charge in [0.15, 0.2) is 0 Å². The molecule has 0 amide bonds. The summed E-state index contributed by atoms with van der Waals surface area (Å²) in [5.41, 5.74) is 0.445. The van der Waals surface area contributed by atoms with Crippen molar-refractivity contribution in [3.8, 4) is 0 Å². The van der Waals surface area contributed by atoms with Gasteiger partial charge in [0.1, 0.15) is 0 Å². The van der Waals surface area contributed by atoms with Gasteiger partial charge in [-0.2, -0.15) is 0 Å². The molecule has 0 aromatic carbocycles. The zero-order chi connectivity index (χ0) is 18.6. The quantitative estimate of drug-likeness (QED) is 0.609. The Balaban J connectivity index is 1.79. The monoisotopic (exact) mass is 350 g/mol. The van der Waals surface area contributed by atoms with Crippen LogP contribution in [0.25, 0.3) is 0 Å². The molecule has 0 heterocycles. The normalized spacial score (nSPS) is 31.9. The van der Waals surface area contributed by atoms with Crippen LogP contribution in [0.2, 0.25) is 0 Å². The van der Waals surface area contributed by atoms with Crippen molar-refractivity contribution in [2.45, 2.75) is 98.1 Å². The molecule has 148 valence electrons. The first kappa shape index (κ1) is 21.2. The van der Waals surface area contributed by atoms with E-state index in [0.29, 0.717) is 5.41 Å². The predicted molar refractivity (Wildman–Crippen MR) is 111 cm³/mol. The fourth-order valence-corrected chi connectivity index (χ4v) is 5.52. The van der Waals surface area contributed by atoms with Gasteiger partial charge in [-0.25, -0.2) is 0 Å². The van der Waals surface area contributed by atoms with Gasteiger partial charge in [0, 0.05) is 25.2 Å². The van der Waals surface area contributed by atoms with E-state index in [0.717, 1.165) is 29.8 Å². The van der Waals surface area contributed by atoms with Gasteiger partial charge < -0.3 is 9.80 Å². The molecule has 0 saturated heterocycles. The molecule has 0 aliphatic heterocycles. The minimum Gasteiger partial charge on any atom is -0.302 e. The zero-order valence-corrected chi connectivity index (χ0v) is 18.4. The summed E-state index contributed by atoms with van der Waals surface area (Å²) in [6.07, 6.45) is 11.4. The fraction of sp³-hybridized carbons (Fsp3) is 1.00. The minimum atomic E-state index is 0.445. The maximum absolute atomic E-state index is 2.70. The highest BCUT2D eigenvalue weighted by Gasteiger charge is 2.36. The van der Waals surface area contributed by atoms with Crippen LogP contribution in [0, 0.1) is 23.2 Å². The summed E-state index contributed by atoms with van der Waals surface area (Å²) in [6.45, 7) is 14.6. The van der Waals surface area contributed by atoms with E-state index in [9.17, 15) is 0 Å². The summed E-state index contributed by atoms with van der Waals surface area (Å²) >= 11 is 0. The van der Waals surface area contributed by atoms with Crippen molar-refractivity contribution < 1.29 is 0 Å². The Kier molecular flexibility index (Phi) is 7.83. The van der Waals surface area contributed by atoms with Crippen LogP contribution in [0.4, 0.5) is 0 Å². The lowest BCUT2D eigenvalue weighted by molar-refractivity contribution is 0.0470. The van der Waals surface area contributed by atoms with Crippen LogP contribution in [0.3, 0.4) is 0 Å². The molecule has 2 fully saturated rings. The Bertz CT molecular complexity index is 376. The average Bonchev–Trinajstić information content (AvgIpc) is 2.58. The van der Waals surface area contributed by atoms with E-state index in [2.05, 4.69) is 58.5 Å². The van der Waals surface area contributed by atoms with Gasteiger partial charge in [-0.15, -0.1) is 0 Å². The van der Waals surface area contributed by atoms with Crippen LogP contribution in [0.5, 0.6) is 0 Å². The molecule has 2 saturated carbocycles. The van der Waals surface area contributed by atoms with Gasteiger partial charge in [-0.05, 0) is 75.8 Å². The predicted octanol–water partition coefficient (Wildman–Crippen LogP) is 5.67. The van der Waals surface area contributed by atoms with Crippen LogP contribution in [-0.4, -0.2) is 49.1 Å². The van der Waals surface area contributed by atoms with Gasteiger partial charge in [-0.1, -0.05) is 47.5 Å². The van der Waals surface area contributed by atoms with Gasteiger partial charge in [0.2, 0.25) is 0 Å². The SMILES string of the molecule is CC(C)C1CCC(N(C)CCN(C)C2CCCCC2C(C)(C)C)CC1. The molecular formula is C23H46N2. The second-order valence-electron chi connectivity index (χ2n) is 10.6. The molecule has 2 aliphatic carbocycles. The van der Waals surface area contributed by atoms with Crippen molar-refractivity contribution >= 4 is 0 Å². The van der Waals surface area contributed by atoms with E-state index >= 15 is 0 Å². The Morgan fingerprint density at radius 2 is 1.36 bits per heavy atom. The lowest BCUT2D eigenvalue weighted by atomic mass is 9.69. The number of hydrogen-bond acceptors (Lipinski definition) is 2. The maximum atomic E-state index is 2.70. The Morgan fingerprint density at radius 3 is 1.92 bits per heavy atom. The van der Waals surface area contributed by atoms with Crippen molar-refractivity contribution in [2.24, 2.45) is 23.2 Å². The summed E-state index contributed by atoms with van der Waals surface area (Å²) in [4.78, 5) is 5.37. The van der Waals surface area contributed by atoms with Crippen LogP contribution < -0.4 is 0 Å². The number of hydrogen-bond donors (Lipinski definition) is 0. The molecule has 2 nitrogen and oxygen atoms in total. The number of rotatable bonds is 6. The van der Waals surface area contributed by atoms with E-state index in [4.69, 9.17) is 0 Å². The first-order chi connectivity index (χ1) is 11.7. The molecule has 0 aromatic rings. The van der Waals surface area contributed by atoms with E-state index in [-0.39, 0.29) is 0 Å². The Morgan fingerprint density at radius 1 is 0.800 bits per heavy atom. The molecule has 0 N–H and O–H groups in total. The fourth-order valence-electron chi connectivity index (χ4n) is 5.52. The largest absolute Gasteiger partial charge is 0.302 e. The highest BCUT2D eigenvalue weighted by Crippen LogP contribution is 2.40. The van der Waals surface area contributed by atoms with Crippen LogP contribution in [0.1, 0.15) is 86.0 Å². The topological polar surface area (TPSA) is 6.48 Å². The van der Waals surface area contributed by atoms with Crippen molar-refractivity contribution in [3.05, 3.63) is 0 Å². The smallest absolute Gasteiger partial charge is 0.0126 e. The molecular weight excluding hydrogens is 304 g/mol. The first-order valence-corrected chi connectivity index (χ1v) is 11.1. The summed E-state index contributed by atoms with van der Waals surface area (Å²) in [7, 11) is 4.76. The molecule has 2 rings (SSSR count). The summed E-state index contributed by atoms with van der Waals surface area (Å²) in [5, 5.41) is 0. The zero-order valence-electron chi connectivity index (χ0n) is 18.4. The third-order valence-corrected chi connectivity index (χ3v) is 7.52. The van der Waals surface area contributed by atoms with Crippen LogP contribution in [-0.2, 0) is 0 Å². The maximum Gasteiger partial charge on any atom is 0.0126 e. The van der Waals surface area contributed by atoms with Crippen molar-refractivity contribution in [1.82, 2.24) is 9.80 Å². The lowest BCUT2D eigenvalue weighted by Crippen LogP contribution is -2.48. The highest BCUT2D eigenvalue weighted by atomic mass is 15.2. The van der Waals surface area contributed by atoms with Crippen LogP contribution >= 0.6 is 0 Å². The third kappa shape index (κ3) is 5.96. The first-order valence-electron chi connectivity index (χ1n) is 11.1. The molecule has 0 aromatic heterocycles. The summed E-state index contributed by atoms with van der Waals surface area (Å²) in [5.74, 6) is 2.71. The number of nitrogens with zero attached hydrogens (tertiary/aromatic N) is 2. The van der Waals surface area contributed by atoms with E-state index in [1.807, 2.05) is 0 Å². The summed E-state index contributed by atoms with van der Waals surface area (Å²) in [6, 6.07) is 1.62. The van der Waals surface area contributed by atoms with Crippen LogP contribution in [0.15, 0.2) is 0 Å².